The minimum absolute atomic E-state index is 0.0873. The van der Waals surface area contributed by atoms with Crippen LogP contribution < -0.4 is 5.32 Å². The summed E-state index contributed by atoms with van der Waals surface area (Å²) in [6.07, 6.45) is 5.54. The lowest BCUT2D eigenvalue weighted by Gasteiger charge is -2.13. The lowest BCUT2D eigenvalue weighted by atomic mass is 10.1. The molecule has 5 heteroatoms. The molecule has 0 bridgehead atoms. The summed E-state index contributed by atoms with van der Waals surface area (Å²) in [5.74, 6) is 0.747. The van der Waals surface area contributed by atoms with Crippen LogP contribution in [-0.2, 0) is 16.9 Å². The summed E-state index contributed by atoms with van der Waals surface area (Å²) >= 11 is 0. The van der Waals surface area contributed by atoms with E-state index in [0.29, 0.717) is 12.3 Å². The molecule has 1 aliphatic rings. The number of nitrogens with one attached hydrogen (secondary N) is 1. The third-order valence-corrected chi connectivity index (χ3v) is 3.41. The highest BCUT2D eigenvalue weighted by Gasteiger charge is 2.47. The fraction of sp³-hybridized carbons (Fsp3) is 0.800. The first-order valence-corrected chi connectivity index (χ1v) is 7.77. The summed E-state index contributed by atoms with van der Waals surface area (Å²) in [6, 6.07) is 0. The molecule has 1 aliphatic carbocycles. The SMILES string of the molecule is CC.CCC(=O)NC1(c2cn(CCC(C)C)nn2)CC1. The van der Waals surface area contributed by atoms with Gasteiger partial charge >= 0.3 is 0 Å². The first-order valence-electron chi connectivity index (χ1n) is 7.77. The lowest BCUT2D eigenvalue weighted by molar-refractivity contribution is -0.121. The topological polar surface area (TPSA) is 59.8 Å². The molecule has 114 valence electrons. The van der Waals surface area contributed by atoms with Gasteiger partial charge in [0.05, 0.1) is 11.7 Å². The van der Waals surface area contributed by atoms with E-state index in [2.05, 4.69) is 29.5 Å². The second-order valence-corrected chi connectivity index (χ2v) is 5.53. The molecule has 2 rings (SSSR count). The maximum atomic E-state index is 11.5. The molecule has 0 radical (unpaired) electrons. The molecule has 1 aromatic rings. The van der Waals surface area contributed by atoms with E-state index in [0.717, 1.165) is 31.5 Å². The van der Waals surface area contributed by atoms with Gasteiger partial charge in [-0.05, 0) is 25.2 Å². The number of aromatic nitrogens is 3. The van der Waals surface area contributed by atoms with Crippen molar-refractivity contribution in [1.29, 1.82) is 0 Å². The van der Waals surface area contributed by atoms with Crippen molar-refractivity contribution in [3.05, 3.63) is 11.9 Å². The van der Waals surface area contributed by atoms with Gasteiger partial charge < -0.3 is 5.32 Å². The number of hydrogen-bond acceptors (Lipinski definition) is 3. The van der Waals surface area contributed by atoms with E-state index in [1.165, 1.54) is 0 Å². The van der Waals surface area contributed by atoms with Gasteiger partial charge in [0.15, 0.2) is 0 Å². The first-order chi connectivity index (χ1) is 9.55. The van der Waals surface area contributed by atoms with Gasteiger partial charge in [0.1, 0.15) is 5.69 Å². The Labute approximate surface area is 122 Å². The van der Waals surface area contributed by atoms with E-state index in [4.69, 9.17) is 0 Å². The van der Waals surface area contributed by atoms with E-state index < -0.39 is 0 Å². The zero-order valence-corrected chi connectivity index (χ0v) is 13.4. The van der Waals surface area contributed by atoms with E-state index >= 15 is 0 Å². The Morgan fingerprint density at radius 2 is 2.10 bits per heavy atom. The van der Waals surface area contributed by atoms with Crippen molar-refractivity contribution in [1.82, 2.24) is 20.3 Å². The van der Waals surface area contributed by atoms with Gasteiger partial charge in [0.25, 0.3) is 0 Å². The Kier molecular flexibility index (Phi) is 6.17. The van der Waals surface area contributed by atoms with Crippen LogP contribution in [0.4, 0.5) is 0 Å². The second kappa shape index (κ2) is 7.41. The van der Waals surface area contributed by atoms with E-state index in [-0.39, 0.29) is 11.4 Å². The number of carbonyl (C=O) groups excluding carboxylic acids is 1. The number of carbonyl (C=O) groups is 1. The monoisotopic (exact) mass is 280 g/mol. The molecule has 5 nitrogen and oxygen atoms in total. The van der Waals surface area contributed by atoms with Gasteiger partial charge in [-0.1, -0.05) is 39.8 Å². The molecule has 0 aliphatic heterocycles. The summed E-state index contributed by atoms with van der Waals surface area (Å²) in [4.78, 5) is 11.5. The molecular formula is C15H28N4O. The highest BCUT2D eigenvalue weighted by Crippen LogP contribution is 2.44. The zero-order chi connectivity index (χ0) is 15.2. The van der Waals surface area contributed by atoms with Crippen LogP contribution in [-0.4, -0.2) is 20.9 Å². The van der Waals surface area contributed by atoms with Crippen molar-refractivity contribution >= 4 is 5.91 Å². The summed E-state index contributed by atoms with van der Waals surface area (Å²) < 4.78 is 1.88. The molecule has 0 unspecified atom stereocenters. The lowest BCUT2D eigenvalue weighted by Crippen LogP contribution is -2.34. The van der Waals surface area contributed by atoms with Crippen LogP contribution in [0.25, 0.3) is 0 Å². The van der Waals surface area contributed by atoms with Crippen LogP contribution in [0.15, 0.2) is 6.20 Å². The largest absolute Gasteiger partial charge is 0.345 e. The summed E-state index contributed by atoms with van der Waals surface area (Å²) in [6.45, 7) is 11.1. The van der Waals surface area contributed by atoms with Gasteiger partial charge in [0.2, 0.25) is 5.91 Å². The molecule has 1 fully saturated rings. The van der Waals surface area contributed by atoms with Crippen LogP contribution in [0.3, 0.4) is 0 Å². The van der Waals surface area contributed by atoms with Gasteiger partial charge in [-0.2, -0.15) is 0 Å². The molecule has 1 saturated carbocycles. The van der Waals surface area contributed by atoms with Crippen LogP contribution in [0.5, 0.6) is 0 Å². The van der Waals surface area contributed by atoms with Crippen molar-refractivity contribution in [2.45, 2.75) is 72.4 Å². The number of amides is 1. The van der Waals surface area contributed by atoms with Crippen molar-refractivity contribution in [2.24, 2.45) is 5.92 Å². The van der Waals surface area contributed by atoms with Crippen molar-refractivity contribution in [2.75, 3.05) is 0 Å². The van der Waals surface area contributed by atoms with Crippen molar-refractivity contribution in [3.63, 3.8) is 0 Å². The van der Waals surface area contributed by atoms with Crippen molar-refractivity contribution in [3.8, 4) is 0 Å². The van der Waals surface area contributed by atoms with E-state index in [1.807, 2.05) is 31.6 Å². The highest BCUT2D eigenvalue weighted by molar-refractivity contribution is 5.77. The molecule has 1 amide bonds. The standard InChI is InChI=1S/C13H22N4O.C2H6/c1-4-12(18)14-13(6-7-13)11-9-17(16-15-11)8-5-10(2)3;1-2/h9-10H,4-8H2,1-3H3,(H,14,18);1-2H3. The zero-order valence-electron chi connectivity index (χ0n) is 13.4. The van der Waals surface area contributed by atoms with E-state index in [9.17, 15) is 4.79 Å². The highest BCUT2D eigenvalue weighted by atomic mass is 16.1. The van der Waals surface area contributed by atoms with Crippen molar-refractivity contribution < 1.29 is 4.79 Å². The number of nitrogens with zero attached hydrogens (tertiary/aromatic N) is 3. The molecule has 1 N–H and O–H groups in total. The summed E-state index contributed by atoms with van der Waals surface area (Å²) in [5, 5.41) is 11.4. The Morgan fingerprint density at radius 1 is 1.45 bits per heavy atom. The van der Waals surface area contributed by atoms with Gasteiger partial charge in [-0.3, -0.25) is 9.48 Å². The smallest absolute Gasteiger partial charge is 0.220 e. The van der Waals surface area contributed by atoms with E-state index in [1.54, 1.807) is 0 Å². The fourth-order valence-electron chi connectivity index (χ4n) is 1.94. The molecule has 0 spiro atoms. The van der Waals surface area contributed by atoms with Gasteiger partial charge in [-0.15, -0.1) is 5.10 Å². The predicted octanol–water partition coefficient (Wildman–Crippen LogP) is 2.87. The molecule has 1 heterocycles. The minimum Gasteiger partial charge on any atom is -0.345 e. The Hall–Kier alpha value is -1.39. The molecule has 0 saturated heterocycles. The van der Waals surface area contributed by atoms with Gasteiger partial charge in [-0.25, -0.2) is 0 Å². The molecular weight excluding hydrogens is 252 g/mol. The first kappa shape index (κ1) is 16.7. The van der Waals surface area contributed by atoms with Crippen LogP contribution in [0, 0.1) is 5.92 Å². The Balaban J connectivity index is 0.000000956. The fourth-order valence-corrected chi connectivity index (χ4v) is 1.94. The average molecular weight is 280 g/mol. The molecule has 0 aromatic carbocycles. The number of rotatable bonds is 6. The number of hydrogen-bond donors (Lipinski definition) is 1. The second-order valence-electron chi connectivity index (χ2n) is 5.53. The van der Waals surface area contributed by atoms with Crippen LogP contribution in [0.1, 0.15) is 66.0 Å². The predicted molar refractivity (Wildman–Crippen MR) is 80.2 cm³/mol. The third-order valence-electron chi connectivity index (χ3n) is 3.41. The quantitative estimate of drug-likeness (QED) is 0.871. The van der Waals surface area contributed by atoms with Crippen LogP contribution in [0.2, 0.25) is 0 Å². The number of aryl methyl sites for hydroxylation is 1. The third kappa shape index (κ3) is 4.32. The van der Waals surface area contributed by atoms with Gasteiger partial charge in [0, 0.05) is 13.0 Å². The normalized spacial score (nSPS) is 15.5. The molecule has 20 heavy (non-hydrogen) atoms. The Morgan fingerprint density at radius 3 is 2.60 bits per heavy atom. The minimum atomic E-state index is -0.219. The molecule has 1 aromatic heterocycles. The summed E-state index contributed by atoms with van der Waals surface area (Å²) in [5.41, 5.74) is 0.691. The molecule has 0 atom stereocenters. The Bertz CT molecular complexity index is 421. The summed E-state index contributed by atoms with van der Waals surface area (Å²) in [7, 11) is 0. The van der Waals surface area contributed by atoms with Crippen LogP contribution >= 0.6 is 0 Å². The maximum Gasteiger partial charge on any atom is 0.220 e. The average Bonchev–Trinajstić information content (AvgIpc) is 3.06. The maximum absolute atomic E-state index is 11.5.